The molecule has 30 heavy (non-hydrogen) atoms. The average Bonchev–Trinajstić information content (AvgIpc) is 2.74. The number of rotatable bonds is 11. The first-order chi connectivity index (χ1) is 14.0. The molecule has 0 atom stereocenters. The molecule has 0 unspecified atom stereocenters. The van der Waals surface area contributed by atoms with Crippen LogP contribution in [0, 0.1) is 0 Å². The van der Waals surface area contributed by atoms with E-state index < -0.39 is 10.0 Å². The molecule has 0 aromatic heterocycles. The highest BCUT2D eigenvalue weighted by Crippen LogP contribution is 2.11. The van der Waals surface area contributed by atoms with Crippen LogP contribution in [0.15, 0.2) is 64.5 Å². The minimum Gasteiger partial charge on any atom is -0.492 e. The SMILES string of the molecule is CN=C(NCCOc1ccccc1)NCc1cccc(S(=O)(=O)NCCOC)c1.I. The molecule has 3 N–H and O–H groups in total. The van der Waals surface area contributed by atoms with Crippen molar-refractivity contribution in [3.05, 3.63) is 60.2 Å². The second kappa shape index (κ2) is 14.2. The van der Waals surface area contributed by atoms with Crippen LogP contribution in [0.2, 0.25) is 0 Å². The molecule has 0 spiro atoms. The largest absolute Gasteiger partial charge is 0.492 e. The van der Waals surface area contributed by atoms with Gasteiger partial charge in [-0.15, -0.1) is 24.0 Å². The fourth-order valence-corrected chi connectivity index (χ4v) is 3.53. The van der Waals surface area contributed by atoms with E-state index in [-0.39, 0.29) is 35.4 Å². The van der Waals surface area contributed by atoms with E-state index >= 15 is 0 Å². The van der Waals surface area contributed by atoms with E-state index in [1.54, 1.807) is 25.2 Å². The first-order valence-corrected chi connectivity index (χ1v) is 10.7. The van der Waals surface area contributed by atoms with Crippen molar-refractivity contribution in [3.63, 3.8) is 0 Å². The van der Waals surface area contributed by atoms with Gasteiger partial charge in [-0.1, -0.05) is 30.3 Å². The highest BCUT2D eigenvalue weighted by atomic mass is 127. The van der Waals surface area contributed by atoms with E-state index in [4.69, 9.17) is 9.47 Å². The maximum absolute atomic E-state index is 12.3. The molecule has 0 aliphatic heterocycles. The Balaban J connectivity index is 0.00000450. The van der Waals surface area contributed by atoms with E-state index in [1.807, 2.05) is 36.4 Å². The third-order valence-electron chi connectivity index (χ3n) is 3.90. The number of nitrogens with zero attached hydrogens (tertiary/aromatic N) is 1. The molecule has 2 aromatic carbocycles. The third kappa shape index (κ3) is 9.28. The first kappa shape index (κ1) is 26.1. The van der Waals surface area contributed by atoms with Crippen molar-refractivity contribution in [2.45, 2.75) is 11.4 Å². The number of para-hydroxylation sites is 1. The van der Waals surface area contributed by atoms with Crippen molar-refractivity contribution < 1.29 is 17.9 Å². The number of ether oxygens (including phenoxy) is 2. The minimum absolute atomic E-state index is 0. The Morgan fingerprint density at radius 2 is 1.77 bits per heavy atom. The summed E-state index contributed by atoms with van der Waals surface area (Å²) in [5.41, 5.74) is 0.822. The summed E-state index contributed by atoms with van der Waals surface area (Å²) in [7, 11) is -0.366. The van der Waals surface area contributed by atoms with Crippen molar-refractivity contribution in [2.75, 3.05) is 40.5 Å². The van der Waals surface area contributed by atoms with Crippen molar-refractivity contribution >= 4 is 40.0 Å². The number of benzene rings is 2. The van der Waals surface area contributed by atoms with Gasteiger partial charge >= 0.3 is 0 Å². The van der Waals surface area contributed by atoms with Gasteiger partial charge in [0.1, 0.15) is 12.4 Å². The Morgan fingerprint density at radius 3 is 2.47 bits per heavy atom. The van der Waals surface area contributed by atoms with Gasteiger partial charge in [0.05, 0.1) is 18.0 Å². The Hall–Kier alpha value is -1.89. The fourth-order valence-electron chi connectivity index (χ4n) is 2.45. The van der Waals surface area contributed by atoms with Crippen molar-refractivity contribution in [1.82, 2.24) is 15.4 Å². The number of hydrogen-bond donors (Lipinski definition) is 3. The van der Waals surface area contributed by atoms with Crippen LogP contribution < -0.4 is 20.1 Å². The summed E-state index contributed by atoms with van der Waals surface area (Å²) in [6, 6.07) is 16.3. The van der Waals surface area contributed by atoms with Gasteiger partial charge in [0.15, 0.2) is 5.96 Å². The molecule has 0 bridgehead atoms. The molecule has 0 fully saturated rings. The minimum atomic E-state index is -3.56. The van der Waals surface area contributed by atoms with Crippen molar-refractivity contribution in [2.24, 2.45) is 4.99 Å². The van der Waals surface area contributed by atoms with E-state index in [0.717, 1.165) is 11.3 Å². The fraction of sp³-hybridized carbons (Fsp3) is 0.350. The van der Waals surface area contributed by atoms with E-state index in [1.165, 1.54) is 7.11 Å². The van der Waals surface area contributed by atoms with Gasteiger partial charge in [-0.2, -0.15) is 0 Å². The Bertz CT molecular complexity index is 879. The zero-order valence-electron chi connectivity index (χ0n) is 17.1. The monoisotopic (exact) mass is 548 g/mol. The molecule has 0 amide bonds. The predicted molar refractivity (Wildman–Crippen MR) is 129 cm³/mol. The van der Waals surface area contributed by atoms with Crippen LogP contribution in [-0.2, 0) is 21.3 Å². The lowest BCUT2D eigenvalue weighted by Gasteiger charge is -2.13. The van der Waals surface area contributed by atoms with Gasteiger partial charge in [0.2, 0.25) is 10.0 Å². The summed E-state index contributed by atoms with van der Waals surface area (Å²) >= 11 is 0. The Labute approximate surface area is 195 Å². The summed E-state index contributed by atoms with van der Waals surface area (Å²) in [6.45, 7) is 2.04. The van der Waals surface area contributed by atoms with Gasteiger partial charge in [-0.25, -0.2) is 13.1 Å². The molecule has 0 aliphatic carbocycles. The molecule has 0 radical (unpaired) electrons. The lowest BCUT2D eigenvalue weighted by atomic mass is 10.2. The molecule has 166 valence electrons. The van der Waals surface area contributed by atoms with Crippen LogP contribution in [-0.4, -0.2) is 54.8 Å². The van der Waals surface area contributed by atoms with Crippen LogP contribution in [0.5, 0.6) is 5.75 Å². The molecule has 10 heteroatoms. The number of sulfonamides is 1. The zero-order valence-corrected chi connectivity index (χ0v) is 20.3. The summed E-state index contributed by atoms with van der Waals surface area (Å²) in [4.78, 5) is 4.38. The smallest absolute Gasteiger partial charge is 0.240 e. The molecule has 2 aromatic rings. The number of aliphatic imine (C=N–C) groups is 1. The summed E-state index contributed by atoms with van der Waals surface area (Å²) in [5.74, 6) is 1.42. The first-order valence-electron chi connectivity index (χ1n) is 9.25. The Morgan fingerprint density at radius 1 is 1.00 bits per heavy atom. The number of methoxy groups -OCH3 is 1. The van der Waals surface area contributed by atoms with Crippen LogP contribution in [0.1, 0.15) is 5.56 Å². The zero-order chi connectivity index (χ0) is 21.0. The molecular weight excluding hydrogens is 519 g/mol. The van der Waals surface area contributed by atoms with Crippen LogP contribution in [0.25, 0.3) is 0 Å². The van der Waals surface area contributed by atoms with Crippen LogP contribution in [0.3, 0.4) is 0 Å². The normalized spacial score (nSPS) is 11.5. The van der Waals surface area contributed by atoms with E-state index in [9.17, 15) is 8.42 Å². The topological polar surface area (TPSA) is 101 Å². The standard InChI is InChI=1S/C20H28N4O4S.HI/c1-21-20(22-11-14-28-18-8-4-3-5-9-18)23-16-17-7-6-10-19(15-17)29(25,26)24-12-13-27-2;/h3-10,15,24H,11-14,16H2,1-2H3,(H2,21,22,23);1H. The molecule has 8 nitrogen and oxygen atoms in total. The molecule has 0 aliphatic rings. The lowest BCUT2D eigenvalue weighted by Crippen LogP contribution is -2.38. The van der Waals surface area contributed by atoms with Crippen molar-refractivity contribution in [1.29, 1.82) is 0 Å². The highest BCUT2D eigenvalue weighted by Gasteiger charge is 2.13. The number of guanidine groups is 1. The van der Waals surface area contributed by atoms with E-state index in [0.29, 0.717) is 32.3 Å². The van der Waals surface area contributed by atoms with E-state index in [2.05, 4.69) is 20.3 Å². The van der Waals surface area contributed by atoms with Gasteiger partial charge in [-0.3, -0.25) is 4.99 Å². The van der Waals surface area contributed by atoms with Crippen LogP contribution in [0.4, 0.5) is 0 Å². The molecule has 0 heterocycles. The second-order valence-corrected chi connectivity index (χ2v) is 7.82. The van der Waals surface area contributed by atoms with Gasteiger partial charge in [-0.05, 0) is 29.8 Å². The maximum atomic E-state index is 12.3. The Kier molecular flexibility index (Phi) is 12.4. The molecule has 2 rings (SSSR count). The maximum Gasteiger partial charge on any atom is 0.240 e. The quantitative estimate of drug-likeness (QED) is 0.172. The highest BCUT2D eigenvalue weighted by molar-refractivity contribution is 14.0. The second-order valence-electron chi connectivity index (χ2n) is 6.05. The lowest BCUT2D eigenvalue weighted by molar-refractivity contribution is 0.204. The van der Waals surface area contributed by atoms with Crippen LogP contribution >= 0.6 is 24.0 Å². The molecule has 0 saturated carbocycles. The molecular formula is C20H29IN4O4S. The average molecular weight is 548 g/mol. The van der Waals surface area contributed by atoms with Gasteiger partial charge in [0, 0.05) is 27.2 Å². The summed E-state index contributed by atoms with van der Waals surface area (Å²) in [5, 5.41) is 6.32. The summed E-state index contributed by atoms with van der Waals surface area (Å²) < 4.78 is 37.6. The number of hydrogen-bond acceptors (Lipinski definition) is 5. The number of nitrogens with one attached hydrogen (secondary N) is 3. The summed E-state index contributed by atoms with van der Waals surface area (Å²) in [6.07, 6.45) is 0. The van der Waals surface area contributed by atoms with Gasteiger partial charge in [0.25, 0.3) is 0 Å². The van der Waals surface area contributed by atoms with Crippen molar-refractivity contribution in [3.8, 4) is 5.75 Å². The third-order valence-corrected chi connectivity index (χ3v) is 5.36. The predicted octanol–water partition coefficient (Wildman–Crippen LogP) is 1.97. The number of halogens is 1. The van der Waals surface area contributed by atoms with Gasteiger partial charge < -0.3 is 20.1 Å². The molecule has 0 saturated heterocycles.